The van der Waals surface area contributed by atoms with Gasteiger partial charge in [-0.1, -0.05) is 54.8 Å². The van der Waals surface area contributed by atoms with Crippen LogP contribution < -0.4 is 14.4 Å². The van der Waals surface area contributed by atoms with Gasteiger partial charge in [-0.2, -0.15) is 0 Å². The average Bonchev–Trinajstić information content (AvgIpc) is 3.49. The Bertz CT molecular complexity index is 1470. The van der Waals surface area contributed by atoms with Crippen LogP contribution in [-0.4, -0.2) is 50.4 Å². The van der Waals surface area contributed by atoms with E-state index in [1.54, 1.807) is 31.2 Å². The topological polar surface area (TPSA) is 96.0 Å². The number of amides is 2. The minimum Gasteiger partial charge on any atom is -0.494 e. The van der Waals surface area contributed by atoms with Crippen molar-refractivity contribution < 1.29 is 22.7 Å². The summed E-state index contributed by atoms with van der Waals surface area (Å²) in [6.45, 7) is 7.59. The molecule has 1 atom stereocenters. The molecule has 0 spiro atoms. The number of carbonyl (C=O) groups is 2. The highest BCUT2D eigenvalue weighted by atomic mass is 32.2. The van der Waals surface area contributed by atoms with Crippen molar-refractivity contribution in [1.29, 1.82) is 0 Å². The fourth-order valence-corrected chi connectivity index (χ4v) is 6.60. The molecule has 1 saturated carbocycles. The molecule has 0 heterocycles. The summed E-state index contributed by atoms with van der Waals surface area (Å²) >= 11 is 0. The highest BCUT2D eigenvalue weighted by Crippen LogP contribution is 2.27. The number of hydrogen-bond acceptors (Lipinski definition) is 5. The Morgan fingerprint density at radius 1 is 0.952 bits per heavy atom. The number of sulfonamides is 1. The van der Waals surface area contributed by atoms with Crippen LogP contribution in [-0.2, 0) is 26.2 Å². The number of aryl methyl sites for hydroxylation is 2. The molecular weight excluding hydrogens is 550 g/mol. The third-order valence-electron chi connectivity index (χ3n) is 7.79. The molecule has 1 N–H and O–H groups in total. The van der Waals surface area contributed by atoms with Gasteiger partial charge in [0.1, 0.15) is 18.3 Å². The zero-order chi connectivity index (χ0) is 30.3. The molecule has 0 aromatic heterocycles. The largest absolute Gasteiger partial charge is 0.494 e. The molecule has 0 aliphatic heterocycles. The number of benzene rings is 3. The molecule has 9 heteroatoms. The van der Waals surface area contributed by atoms with E-state index in [2.05, 4.69) is 5.32 Å². The molecule has 0 saturated heterocycles. The van der Waals surface area contributed by atoms with Crippen LogP contribution in [0.2, 0.25) is 0 Å². The maximum absolute atomic E-state index is 14.1. The van der Waals surface area contributed by atoms with Gasteiger partial charge < -0.3 is 15.0 Å². The number of carbonyl (C=O) groups excluding carboxylic acids is 2. The molecule has 42 heavy (non-hydrogen) atoms. The maximum Gasteiger partial charge on any atom is 0.264 e. The van der Waals surface area contributed by atoms with Gasteiger partial charge in [0, 0.05) is 12.6 Å². The first-order valence-corrected chi connectivity index (χ1v) is 16.0. The summed E-state index contributed by atoms with van der Waals surface area (Å²) in [4.78, 5) is 29.0. The molecule has 0 bridgehead atoms. The number of nitrogens with one attached hydrogen (secondary N) is 1. The van der Waals surface area contributed by atoms with Crippen LogP contribution in [0, 0.1) is 13.8 Å². The highest BCUT2D eigenvalue weighted by molar-refractivity contribution is 7.92. The van der Waals surface area contributed by atoms with Crippen LogP contribution >= 0.6 is 0 Å². The molecule has 1 aliphatic carbocycles. The van der Waals surface area contributed by atoms with Gasteiger partial charge in [-0.3, -0.25) is 13.9 Å². The molecule has 3 aromatic carbocycles. The first-order valence-electron chi connectivity index (χ1n) is 14.6. The molecule has 2 amide bonds. The smallest absolute Gasteiger partial charge is 0.264 e. The predicted molar refractivity (Wildman–Crippen MR) is 165 cm³/mol. The third-order valence-corrected chi connectivity index (χ3v) is 9.58. The Morgan fingerprint density at radius 2 is 1.60 bits per heavy atom. The van der Waals surface area contributed by atoms with Gasteiger partial charge >= 0.3 is 0 Å². The van der Waals surface area contributed by atoms with Gasteiger partial charge in [0.2, 0.25) is 11.8 Å². The Labute approximate surface area is 249 Å². The van der Waals surface area contributed by atoms with Gasteiger partial charge in [0.05, 0.1) is 17.2 Å². The van der Waals surface area contributed by atoms with E-state index >= 15 is 0 Å². The van der Waals surface area contributed by atoms with E-state index in [4.69, 9.17) is 4.74 Å². The molecule has 0 radical (unpaired) electrons. The van der Waals surface area contributed by atoms with E-state index in [1.807, 2.05) is 57.2 Å². The molecule has 8 nitrogen and oxygen atoms in total. The minimum absolute atomic E-state index is 0.0387. The van der Waals surface area contributed by atoms with Crippen molar-refractivity contribution in [2.75, 3.05) is 17.5 Å². The predicted octanol–water partition coefficient (Wildman–Crippen LogP) is 5.37. The molecule has 224 valence electrons. The van der Waals surface area contributed by atoms with Crippen LogP contribution in [0.3, 0.4) is 0 Å². The normalized spacial score (nSPS) is 14.3. The molecule has 4 rings (SSSR count). The molecule has 1 aliphatic rings. The van der Waals surface area contributed by atoms with Crippen molar-refractivity contribution in [1.82, 2.24) is 10.2 Å². The monoisotopic (exact) mass is 591 g/mol. The second-order valence-electron chi connectivity index (χ2n) is 10.9. The lowest BCUT2D eigenvalue weighted by molar-refractivity contribution is -0.139. The minimum atomic E-state index is -4.14. The Kier molecular flexibility index (Phi) is 10.3. The van der Waals surface area contributed by atoms with Crippen molar-refractivity contribution in [2.24, 2.45) is 0 Å². The van der Waals surface area contributed by atoms with E-state index in [-0.39, 0.29) is 23.4 Å². The van der Waals surface area contributed by atoms with Crippen molar-refractivity contribution in [3.8, 4) is 5.75 Å². The second kappa shape index (κ2) is 13.9. The summed E-state index contributed by atoms with van der Waals surface area (Å²) < 4.78 is 34.7. The summed E-state index contributed by atoms with van der Waals surface area (Å²) in [5, 5.41) is 3.10. The first kappa shape index (κ1) is 31.1. The highest BCUT2D eigenvalue weighted by Gasteiger charge is 2.33. The average molecular weight is 592 g/mol. The van der Waals surface area contributed by atoms with Gasteiger partial charge in [0.15, 0.2) is 0 Å². The van der Waals surface area contributed by atoms with Gasteiger partial charge in [-0.05, 0) is 88.1 Å². The summed E-state index contributed by atoms with van der Waals surface area (Å²) in [5.41, 5.74) is 3.20. The van der Waals surface area contributed by atoms with E-state index in [1.165, 1.54) is 17.0 Å². The molecule has 3 aromatic rings. The summed E-state index contributed by atoms with van der Waals surface area (Å²) in [6, 6.07) is 20.2. The Morgan fingerprint density at radius 3 is 2.21 bits per heavy atom. The summed E-state index contributed by atoms with van der Waals surface area (Å²) in [7, 11) is -4.14. The van der Waals surface area contributed by atoms with Crippen LogP contribution in [0.5, 0.6) is 5.75 Å². The quantitative estimate of drug-likeness (QED) is 0.305. The number of anilines is 1. The molecule has 1 fully saturated rings. The lowest BCUT2D eigenvalue weighted by Gasteiger charge is -2.33. The van der Waals surface area contributed by atoms with E-state index in [9.17, 15) is 18.0 Å². The zero-order valence-corrected chi connectivity index (χ0v) is 25.7. The third kappa shape index (κ3) is 7.50. The van der Waals surface area contributed by atoms with Crippen molar-refractivity contribution in [3.05, 3.63) is 89.5 Å². The standard InChI is InChI=1S/C33H41N3O5S/c1-5-41-30-18-20-31(21-19-30)42(39,40)36(29-16-14-24(2)15-17-29)23-32(37)35(22-27-11-7-6-10-25(27)3)26(4)33(38)34-28-12-8-9-13-28/h6-7,10-11,14-21,26,28H,5,8-9,12-13,22-23H2,1-4H3,(H,34,38)/t26-/m1/s1. The Balaban J connectivity index is 1.68. The number of ether oxygens (including phenoxy) is 1. The zero-order valence-electron chi connectivity index (χ0n) is 24.9. The summed E-state index contributed by atoms with van der Waals surface area (Å²) in [5.74, 6) is -0.150. The van der Waals surface area contributed by atoms with E-state index < -0.39 is 28.5 Å². The lowest BCUT2D eigenvalue weighted by atomic mass is 10.1. The van der Waals surface area contributed by atoms with Crippen molar-refractivity contribution >= 4 is 27.5 Å². The van der Waals surface area contributed by atoms with E-state index in [0.717, 1.165) is 46.7 Å². The number of rotatable bonds is 12. The van der Waals surface area contributed by atoms with Crippen molar-refractivity contribution in [3.63, 3.8) is 0 Å². The molecule has 0 unspecified atom stereocenters. The van der Waals surface area contributed by atoms with Crippen LogP contribution in [0.15, 0.2) is 77.7 Å². The van der Waals surface area contributed by atoms with Gasteiger partial charge in [0.25, 0.3) is 10.0 Å². The van der Waals surface area contributed by atoms with E-state index in [0.29, 0.717) is 18.0 Å². The number of hydrogen-bond donors (Lipinski definition) is 1. The van der Waals surface area contributed by atoms with Gasteiger partial charge in [-0.15, -0.1) is 0 Å². The van der Waals surface area contributed by atoms with Crippen LogP contribution in [0.25, 0.3) is 0 Å². The van der Waals surface area contributed by atoms with Crippen molar-refractivity contribution in [2.45, 2.75) is 76.9 Å². The fourth-order valence-electron chi connectivity index (χ4n) is 5.19. The lowest BCUT2D eigenvalue weighted by Crippen LogP contribution is -2.52. The first-order chi connectivity index (χ1) is 20.1. The second-order valence-corrected chi connectivity index (χ2v) is 12.7. The Hall–Kier alpha value is -3.85. The maximum atomic E-state index is 14.1. The van der Waals surface area contributed by atoms with Crippen LogP contribution in [0.4, 0.5) is 5.69 Å². The van der Waals surface area contributed by atoms with Gasteiger partial charge in [-0.25, -0.2) is 8.42 Å². The fraction of sp³-hybridized carbons (Fsp3) is 0.394. The summed E-state index contributed by atoms with van der Waals surface area (Å²) in [6.07, 6.45) is 3.98. The number of nitrogens with zero attached hydrogens (tertiary/aromatic N) is 2. The van der Waals surface area contributed by atoms with Crippen LogP contribution in [0.1, 0.15) is 56.2 Å². The SMILES string of the molecule is CCOc1ccc(S(=O)(=O)N(CC(=O)N(Cc2ccccc2C)[C@H](C)C(=O)NC2CCCC2)c2ccc(C)cc2)cc1. The molecular formula is C33H41N3O5S.